The van der Waals surface area contributed by atoms with Gasteiger partial charge < -0.3 is 14.6 Å². The maximum atomic E-state index is 12.5. The molecule has 9 heteroatoms. The van der Waals surface area contributed by atoms with Gasteiger partial charge in [0.1, 0.15) is 6.54 Å². The number of hydrogen-bond acceptors (Lipinski definition) is 4. The van der Waals surface area contributed by atoms with E-state index in [1.54, 1.807) is 0 Å². The monoisotopic (exact) mass is 306 g/mol. The summed E-state index contributed by atoms with van der Waals surface area (Å²) >= 11 is 0. The van der Waals surface area contributed by atoms with E-state index in [4.69, 9.17) is 0 Å². The lowest BCUT2D eigenvalue weighted by molar-refractivity contribution is -0.147. The number of carbonyl (C=O) groups excluding carboxylic acids is 2. The molecule has 1 amide bonds. The SMILES string of the molecule is COC(=O)CCN(CC(F)(F)F)C(=O)c1ccc(=O)[nH]c1. The van der Waals surface area contributed by atoms with E-state index in [9.17, 15) is 27.6 Å². The second kappa shape index (κ2) is 6.91. The van der Waals surface area contributed by atoms with Gasteiger partial charge >= 0.3 is 12.1 Å². The van der Waals surface area contributed by atoms with Crippen LogP contribution in [0.1, 0.15) is 16.8 Å². The van der Waals surface area contributed by atoms with Crippen LogP contribution in [-0.4, -0.2) is 48.1 Å². The number of halogens is 3. The van der Waals surface area contributed by atoms with Gasteiger partial charge in [0.15, 0.2) is 0 Å². The van der Waals surface area contributed by atoms with E-state index >= 15 is 0 Å². The van der Waals surface area contributed by atoms with Gasteiger partial charge in [0.25, 0.3) is 5.91 Å². The molecule has 1 rings (SSSR count). The number of nitrogens with zero attached hydrogens (tertiary/aromatic N) is 1. The Kier molecular flexibility index (Phi) is 5.51. The van der Waals surface area contributed by atoms with Crippen LogP contribution < -0.4 is 5.56 Å². The molecule has 0 aliphatic rings. The first-order chi connectivity index (χ1) is 9.73. The molecule has 1 aromatic rings. The lowest BCUT2D eigenvalue weighted by atomic mass is 10.2. The smallest absolute Gasteiger partial charge is 0.406 e. The second-order valence-electron chi connectivity index (χ2n) is 4.11. The minimum absolute atomic E-state index is 0.108. The number of ether oxygens (including phenoxy) is 1. The van der Waals surface area contributed by atoms with Crippen LogP contribution in [0.15, 0.2) is 23.1 Å². The maximum absolute atomic E-state index is 12.5. The van der Waals surface area contributed by atoms with Gasteiger partial charge in [-0.1, -0.05) is 0 Å². The molecule has 0 aliphatic carbocycles. The first-order valence-electron chi connectivity index (χ1n) is 5.84. The summed E-state index contributed by atoms with van der Waals surface area (Å²) in [6, 6.07) is 2.14. The zero-order valence-corrected chi connectivity index (χ0v) is 11.1. The van der Waals surface area contributed by atoms with E-state index in [1.165, 1.54) is 0 Å². The molecule has 6 nitrogen and oxygen atoms in total. The molecule has 1 aromatic heterocycles. The van der Waals surface area contributed by atoms with Crippen molar-refractivity contribution in [3.05, 3.63) is 34.2 Å². The van der Waals surface area contributed by atoms with Crippen molar-refractivity contribution < 1.29 is 27.5 Å². The van der Waals surface area contributed by atoms with E-state index < -0.39 is 36.7 Å². The zero-order chi connectivity index (χ0) is 16.0. The molecule has 0 spiro atoms. The van der Waals surface area contributed by atoms with Crippen LogP contribution in [0, 0.1) is 0 Å². The molecule has 0 bridgehead atoms. The Labute approximate surface area is 117 Å². The maximum Gasteiger partial charge on any atom is 0.406 e. The normalized spacial score (nSPS) is 11.0. The number of methoxy groups -OCH3 is 1. The molecule has 0 aliphatic heterocycles. The average molecular weight is 306 g/mol. The van der Waals surface area contributed by atoms with Gasteiger partial charge in [0.05, 0.1) is 19.1 Å². The van der Waals surface area contributed by atoms with Crippen molar-refractivity contribution in [3.63, 3.8) is 0 Å². The van der Waals surface area contributed by atoms with Gasteiger partial charge in [-0.05, 0) is 6.07 Å². The number of carbonyl (C=O) groups is 2. The summed E-state index contributed by atoms with van der Waals surface area (Å²) in [4.78, 5) is 36.5. The van der Waals surface area contributed by atoms with Crippen molar-refractivity contribution >= 4 is 11.9 Å². The molecular formula is C12H13F3N2O4. The number of H-pyrrole nitrogens is 1. The Balaban J connectivity index is 2.88. The van der Waals surface area contributed by atoms with Crippen LogP contribution in [0.4, 0.5) is 13.2 Å². The number of amides is 1. The topological polar surface area (TPSA) is 79.5 Å². The van der Waals surface area contributed by atoms with E-state index in [0.29, 0.717) is 4.90 Å². The lowest BCUT2D eigenvalue weighted by Crippen LogP contribution is -2.40. The van der Waals surface area contributed by atoms with Crippen molar-refractivity contribution in [2.24, 2.45) is 0 Å². The summed E-state index contributed by atoms with van der Waals surface area (Å²) in [6.07, 6.45) is -3.94. The highest BCUT2D eigenvalue weighted by Gasteiger charge is 2.33. The molecule has 0 aromatic carbocycles. The Hall–Kier alpha value is -2.32. The number of esters is 1. The van der Waals surface area contributed by atoms with Crippen LogP contribution >= 0.6 is 0 Å². The summed E-state index contributed by atoms with van der Waals surface area (Å²) in [5, 5.41) is 0. The fraction of sp³-hybridized carbons (Fsp3) is 0.417. The Bertz CT molecular complexity index is 548. The van der Waals surface area contributed by atoms with Crippen molar-refractivity contribution in [3.8, 4) is 0 Å². The van der Waals surface area contributed by atoms with Gasteiger partial charge in [-0.25, -0.2) is 0 Å². The molecule has 0 atom stereocenters. The highest BCUT2D eigenvalue weighted by molar-refractivity contribution is 5.94. The number of pyridine rings is 1. The predicted molar refractivity (Wildman–Crippen MR) is 65.7 cm³/mol. The summed E-state index contributed by atoms with van der Waals surface area (Å²) in [5.74, 6) is -1.66. The summed E-state index contributed by atoms with van der Waals surface area (Å²) in [5.41, 5.74) is -0.591. The predicted octanol–water partition coefficient (Wildman–Crippen LogP) is 0.942. The van der Waals surface area contributed by atoms with E-state index in [0.717, 1.165) is 25.4 Å². The number of rotatable bonds is 5. The van der Waals surface area contributed by atoms with Crippen LogP contribution in [0.25, 0.3) is 0 Å². The molecule has 21 heavy (non-hydrogen) atoms. The third-order valence-electron chi connectivity index (χ3n) is 2.50. The van der Waals surface area contributed by atoms with Crippen molar-refractivity contribution in [1.29, 1.82) is 0 Å². The molecule has 0 saturated heterocycles. The number of alkyl halides is 3. The molecule has 0 radical (unpaired) electrons. The number of nitrogens with one attached hydrogen (secondary N) is 1. The second-order valence-corrected chi connectivity index (χ2v) is 4.11. The average Bonchev–Trinajstić information content (AvgIpc) is 2.42. The summed E-state index contributed by atoms with van der Waals surface area (Å²) in [7, 11) is 1.10. The van der Waals surface area contributed by atoms with E-state index in [2.05, 4.69) is 9.72 Å². The fourth-order valence-electron chi connectivity index (χ4n) is 1.52. The summed E-state index contributed by atoms with van der Waals surface area (Å²) in [6.45, 7) is -1.94. The van der Waals surface area contributed by atoms with E-state index in [-0.39, 0.29) is 12.0 Å². The molecule has 0 fully saturated rings. The van der Waals surface area contributed by atoms with Gasteiger partial charge in [0, 0.05) is 18.8 Å². The van der Waals surface area contributed by atoms with Gasteiger partial charge in [-0.3, -0.25) is 14.4 Å². The van der Waals surface area contributed by atoms with Crippen LogP contribution in [0.2, 0.25) is 0 Å². The zero-order valence-electron chi connectivity index (χ0n) is 11.1. The van der Waals surface area contributed by atoms with Crippen LogP contribution in [0.3, 0.4) is 0 Å². The number of aromatic nitrogens is 1. The van der Waals surface area contributed by atoms with Gasteiger partial charge in [-0.15, -0.1) is 0 Å². The molecule has 1 heterocycles. The minimum Gasteiger partial charge on any atom is -0.469 e. The molecule has 0 unspecified atom stereocenters. The third-order valence-corrected chi connectivity index (χ3v) is 2.50. The third kappa shape index (κ3) is 5.67. The molecule has 0 saturated carbocycles. The molecule has 116 valence electrons. The number of aromatic amines is 1. The highest BCUT2D eigenvalue weighted by Crippen LogP contribution is 2.18. The van der Waals surface area contributed by atoms with Crippen molar-refractivity contribution in [2.75, 3.05) is 20.2 Å². The van der Waals surface area contributed by atoms with E-state index in [1.807, 2.05) is 0 Å². The van der Waals surface area contributed by atoms with Crippen LogP contribution in [0.5, 0.6) is 0 Å². The number of hydrogen-bond donors (Lipinski definition) is 1. The first kappa shape index (κ1) is 16.7. The summed E-state index contributed by atoms with van der Waals surface area (Å²) < 4.78 is 41.8. The Morgan fingerprint density at radius 2 is 2.00 bits per heavy atom. The molecule has 1 N–H and O–H groups in total. The first-order valence-corrected chi connectivity index (χ1v) is 5.84. The Morgan fingerprint density at radius 1 is 1.33 bits per heavy atom. The van der Waals surface area contributed by atoms with Gasteiger partial charge in [0.2, 0.25) is 5.56 Å². The van der Waals surface area contributed by atoms with Crippen molar-refractivity contribution in [2.45, 2.75) is 12.6 Å². The fourth-order valence-corrected chi connectivity index (χ4v) is 1.52. The minimum atomic E-state index is -4.60. The standard InChI is InChI=1S/C12H13F3N2O4/c1-21-10(19)4-5-17(7-12(13,14)15)11(20)8-2-3-9(18)16-6-8/h2-3,6H,4-5,7H2,1H3,(H,16,18). The van der Waals surface area contributed by atoms with Crippen molar-refractivity contribution in [1.82, 2.24) is 9.88 Å². The lowest BCUT2D eigenvalue weighted by Gasteiger charge is -2.23. The molecular weight excluding hydrogens is 293 g/mol. The largest absolute Gasteiger partial charge is 0.469 e. The quantitative estimate of drug-likeness (QED) is 0.821. The van der Waals surface area contributed by atoms with Crippen LogP contribution in [-0.2, 0) is 9.53 Å². The van der Waals surface area contributed by atoms with Gasteiger partial charge in [-0.2, -0.15) is 13.2 Å². The Morgan fingerprint density at radius 3 is 2.48 bits per heavy atom. The highest BCUT2D eigenvalue weighted by atomic mass is 19.4.